The SMILES string of the molecule is CC(C(=O)NC(C)(C)CO)n1cccc1. The fraction of sp³-hybridized carbons (Fsp3) is 0.545. The van der Waals surface area contributed by atoms with Gasteiger partial charge in [-0.25, -0.2) is 0 Å². The highest BCUT2D eigenvalue weighted by atomic mass is 16.3. The summed E-state index contributed by atoms with van der Waals surface area (Å²) in [6, 6.07) is 3.49. The highest BCUT2D eigenvalue weighted by molar-refractivity contribution is 5.80. The van der Waals surface area contributed by atoms with Crippen LogP contribution in [-0.4, -0.2) is 27.7 Å². The lowest BCUT2D eigenvalue weighted by Gasteiger charge is -2.26. The Bertz CT molecular complexity index is 317. The molecule has 1 unspecified atom stereocenters. The van der Waals surface area contributed by atoms with Gasteiger partial charge in [-0.05, 0) is 32.9 Å². The minimum absolute atomic E-state index is 0.0723. The normalized spacial score (nSPS) is 13.6. The molecule has 1 atom stereocenters. The molecule has 4 heteroatoms. The average Bonchev–Trinajstić information content (AvgIpc) is 2.68. The van der Waals surface area contributed by atoms with Crippen molar-refractivity contribution in [2.24, 2.45) is 0 Å². The first-order valence-electron chi connectivity index (χ1n) is 5.01. The highest BCUT2D eigenvalue weighted by Gasteiger charge is 2.22. The molecule has 15 heavy (non-hydrogen) atoms. The van der Waals surface area contributed by atoms with Crippen LogP contribution in [0.25, 0.3) is 0 Å². The molecule has 1 amide bonds. The molecule has 84 valence electrons. The molecule has 0 fully saturated rings. The van der Waals surface area contributed by atoms with Crippen molar-refractivity contribution in [3.05, 3.63) is 24.5 Å². The van der Waals surface area contributed by atoms with Gasteiger partial charge in [-0.1, -0.05) is 0 Å². The van der Waals surface area contributed by atoms with Crippen molar-refractivity contribution in [3.63, 3.8) is 0 Å². The summed E-state index contributed by atoms with van der Waals surface area (Å²) in [5, 5.41) is 11.8. The second-order valence-corrected chi connectivity index (χ2v) is 4.34. The van der Waals surface area contributed by atoms with Gasteiger partial charge in [-0.2, -0.15) is 0 Å². The van der Waals surface area contributed by atoms with Crippen molar-refractivity contribution in [3.8, 4) is 0 Å². The van der Waals surface area contributed by atoms with Gasteiger partial charge in [0.1, 0.15) is 6.04 Å². The zero-order chi connectivity index (χ0) is 11.5. The summed E-state index contributed by atoms with van der Waals surface area (Å²) in [5.41, 5.74) is -0.571. The summed E-state index contributed by atoms with van der Waals surface area (Å²) in [7, 11) is 0. The van der Waals surface area contributed by atoms with Crippen molar-refractivity contribution in [1.82, 2.24) is 9.88 Å². The first-order valence-corrected chi connectivity index (χ1v) is 5.01. The molecule has 1 rings (SSSR count). The maximum atomic E-state index is 11.8. The van der Waals surface area contributed by atoms with Crippen molar-refractivity contribution in [1.29, 1.82) is 0 Å². The Balaban J connectivity index is 2.62. The molecule has 1 aromatic heterocycles. The van der Waals surface area contributed by atoms with E-state index in [4.69, 9.17) is 5.11 Å². The first-order chi connectivity index (χ1) is 6.96. The molecule has 0 saturated heterocycles. The maximum absolute atomic E-state index is 11.8. The van der Waals surface area contributed by atoms with Gasteiger partial charge in [0.05, 0.1) is 12.1 Å². The molecular weight excluding hydrogens is 192 g/mol. The summed E-state index contributed by atoms with van der Waals surface area (Å²) in [4.78, 5) is 11.8. The zero-order valence-corrected chi connectivity index (χ0v) is 9.40. The van der Waals surface area contributed by atoms with Gasteiger partial charge in [0.15, 0.2) is 0 Å². The van der Waals surface area contributed by atoms with Crippen LogP contribution >= 0.6 is 0 Å². The van der Waals surface area contributed by atoms with E-state index in [1.165, 1.54) is 0 Å². The van der Waals surface area contributed by atoms with E-state index in [-0.39, 0.29) is 18.6 Å². The lowest BCUT2D eigenvalue weighted by molar-refractivity contribution is -0.126. The third-order valence-corrected chi connectivity index (χ3v) is 2.31. The average molecular weight is 210 g/mol. The van der Waals surface area contributed by atoms with Crippen LogP contribution in [0, 0.1) is 0 Å². The summed E-state index contributed by atoms with van der Waals surface area (Å²) in [6.45, 7) is 5.32. The predicted octanol–water partition coefficient (Wildman–Crippen LogP) is 0.936. The van der Waals surface area contributed by atoms with Crippen LogP contribution in [0.2, 0.25) is 0 Å². The number of aromatic nitrogens is 1. The van der Waals surface area contributed by atoms with Crippen molar-refractivity contribution < 1.29 is 9.90 Å². The summed E-state index contributed by atoms with van der Waals surface area (Å²) >= 11 is 0. The van der Waals surface area contributed by atoms with E-state index in [0.717, 1.165) is 0 Å². The van der Waals surface area contributed by atoms with Gasteiger partial charge in [-0.3, -0.25) is 4.79 Å². The van der Waals surface area contributed by atoms with E-state index in [1.54, 1.807) is 13.8 Å². The Hall–Kier alpha value is -1.29. The summed E-state index contributed by atoms with van der Waals surface area (Å²) in [6.07, 6.45) is 3.69. The number of carbonyl (C=O) groups excluding carboxylic acids is 1. The van der Waals surface area contributed by atoms with Crippen LogP contribution < -0.4 is 5.32 Å². The largest absolute Gasteiger partial charge is 0.394 e. The number of aliphatic hydroxyl groups is 1. The lowest BCUT2D eigenvalue weighted by Crippen LogP contribution is -2.48. The Morgan fingerprint density at radius 1 is 1.47 bits per heavy atom. The molecule has 2 N–H and O–H groups in total. The van der Waals surface area contributed by atoms with Crippen LogP contribution in [-0.2, 0) is 4.79 Å². The number of hydrogen-bond donors (Lipinski definition) is 2. The summed E-state index contributed by atoms with van der Waals surface area (Å²) < 4.78 is 1.82. The Kier molecular flexibility index (Phi) is 3.52. The predicted molar refractivity (Wildman–Crippen MR) is 58.5 cm³/mol. The number of rotatable bonds is 4. The second-order valence-electron chi connectivity index (χ2n) is 4.34. The fourth-order valence-electron chi connectivity index (χ4n) is 1.22. The number of nitrogens with zero attached hydrogens (tertiary/aromatic N) is 1. The molecule has 0 saturated carbocycles. The molecular formula is C11H18N2O2. The van der Waals surface area contributed by atoms with Gasteiger partial charge in [0.2, 0.25) is 5.91 Å². The molecule has 0 aliphatic rings. The van der Waals surface area contributed by atoms with Gasteiger partial charge in [0, 0.05) is 12.4 Å². The minimum Gasteiger partial charge on any atom is -0.394 e. The molecule has 1 aromatic rings. The van der Waals surface area contributed by atoms with Crippen molar-refractivity contribution in [2.75, 3.05) is 6.61 Å². The van der Waals surface area contributed by atoms with E-state index in [9.17, 15) is 4.79 Å². The first kappa shape index (κ1) is 11.8. The van der Waals surface area contributed by atoms with Crippen LogP contribution in [0.15, 0.2) is 24.5 Å². The van der Waals surface area contributed by atoms with E-state index >= 15 is 0 Å². The van der Waals surface area contributed by atoms with E-state index in [2.05, 4.69) is 5.32 Å². The summed E-state index contributed by atoms with van der Waals surface area (Å²) in [5.74, 6) is -0.0924. The molecule has 4 nitrogen and oxygen atoms in total. The number of hydrogen-bond acceptors (Lipinski definition) is 2. The number of nitrogens with one attached hydrogen (secondary N) is 1. The standard InChI is InChI=1S/C11H18N2O2/c1-9(13-6-4-5-7-13)10(15)12-11(2,3)8-14/h4-7,9,14H,8H2,1-3H3,(H,12,15). The van der Waals surface area contributed by atoms with Crippen LogP contribution in [0.3, 0.4) is 0 Å². The van der Waals surface area contributed by atoms with Gasteiger partial charge in [-0.15, -0.1) is 0 Å². The topological polar surface area (TPSA) is 54.3 Å². The second kappa shape index (κ2) is 4.49. The maximum Gasteiger partial charge on any atom is 0.243 e. The minimum atomic E-state index is -0.571. The molecule has 0 aromatic carbocycles. The van der Waals surface area contributed by atoms with Gasteiger partial charge >= 0.3 is 0 Å². The Labute approximate surface area is 89.9 Å². The Morgan fingerprint density at radius 3 is 2.47 bits per heavy atom. The van der Waals surface area contributed by atoms with Crippen molar-refractivity contribution in [2.45, 2.75) is 32.4 Å². The molecule has 1 heterocycles. The van der Waals surface area contributed by atoms with E-state index in [1.807, 2.05) is 36.0 Å². The highest BCUT2D eigenvalue weighted by Crippen LogP contribution is 2.08. The fourth-order valence-corrected chi connectivity index (χ4v) is 1.22. The quantitative estimate of drug-likeness (QED) is 0.777. The number of carbonyl (C=O) groups is 1. The molecule has 0 aliphatic heterocycles. The van der Waals surface area contributed by atoms with E-state index < -0.39 is 5.54 Å². The van der Waals surface area contributed by atoms with Crippen LogP contribution in [0.5, 0.6) is 0 Å². The zero-order valence-electron chi connectivity index (χ0n) is 9.40. The third-order valence-electron chi connectivity index (χ3n) is 2.31. The number of amides is 1. The molecule has 0 spiro atoms. The molecule has 0 radical (unpaired) electrons. The molecule has 0 bridgehead atoms. The van der Waals surface area contributed by atoms with Crippen LogP contribution in [0.4, 0.5) is 0 Å². The van der Waals surface area contributed by atoms with Crippen molar-refractivity contribution >= 4 is 5.91 Å². The Morgan fingerprint density at radius 2 is 2.00 bits per heavy atom. The smallest absolute Gasteiger partial charge is 0.243 e. The van der Waals surface area contributed by atoms with Gasteiger partial charge < -0.3 is 15.0 Å². The number of aliphatic hydroxyl groups excluding tert-OH is 1. The monoisotopic (exact) mass is 210 g/mol. The van der Waals surface area contributed by atoms with Crippen LogP contribution in [0.1, 0.15) is 26.8 Å². The van der Waals surface area contributed by atoms with E-state index in [0.29, 0.717) is 0 Å². The molecule has 0 aliphatic carbocycles. The lowest BCUT2D eigenvalue weighted by atomic mass is 10.1. The third kappa shape index (κ3) is 3.09. The van der Waals surface area contributed by atoms with Gasteiger partial charge in [0.25, 0.3) is 0 Å².